The molecule has 29 heavy (non-hydrogen) atoms. The Hall–Kier alpha value is -3.55. The van der Waals surface area contributed by atoms with E-state index in [1.54, 1.807) is 6.92 Å². The Morgan fingerprint density at radius 2 is 2.10 bits per heavy atom. The lowest BCUT2D eigenvalue weighted by atomic mass is 9.69. The number of nitrogens with zero attached hydrogens (tertiary/aromatic N) is 4. The number of nitrogens with one attached hydrogen (secondary N) is 1. The number of nitro benzene ring substituents is 2. The highest BCUT2D eigenvalue weighted by atomic mass is 16.6. The van der Waals surface area contributed by atoms with Gasteiger partial charge in [0.25, 0.3) is 5.69 Å². The first-order valence-corrected chi connectivity index (χ1v) is 9.15. The monoisotopic (exact) mass is 403 g/mol. The van der Waals surface area contributed by atoms with E-state index < -0.39 is 32.6 Å². The second-order valence-electron chi connectivity index (χ2n) is 6.55. The van der Waals surface area contributed by atoms with Crippen molar-refractivity contribution in [3.8, 4) is 6.07 Å². The maximum atomic E-state index is 12.7. The highest BCUT2D eigenvalue weighted by Crippen LogP contribution is 2.40. The molecule has 0 spiro atoms. The number of esters is 1. The molecule has 1 aliphatic carbocycles. The van der Waals surface area contributed by atoms with E-state index in [0.717, 1.165) is 25.0 Å². The minimum absolute atomic E-state index is 0.0308. The molecule has 0 aliphatic heterocycles. The first-order chi connectivity index (χ1) is 13.9. The van der Waals surface area contributed by atoms with Crippen molar-refractivity contribution < 1.29 is 19.4 Å². The normalized spacial score (nSPS) is 19.9. The fraction of sp³-hybridized carbons (Fsp3) is 0.500. The number of nitro groups is 2. The molecule has 2 rings (SSSR count). The SMILES string of the molecule is CCOC(=O)[C@@]1(CCC#N)CCCC/C1=N/Nc1ccc([N+](=O)[O-])cc1[N+](=O)[O-]. The molecule has 1 fully saturated rings. The summed E-state index contributed by atoms with van der Waals surface area (Å²) in [4.78, 5) is 33.4. The summed E-state index contributed by atoms with van der Waals surface area (Å²) in [6, 6.07) is 5.21. The zero-order chi connectivity index (χ0) is 21.4. The minimum Gasteiger partial charge on any atom is -0.465 e. The Balaban J connectivity index is 2.42. The summed E-state index contributed by atoms with van der Waals surface area (Å²) >= 11 is 0. The highest BCUT2D eigenvalue weighted by molar-refractivity contribution is 6.07. The van der Waals surface area contributed by atoms with Crippen molar-refractivity contribution in [1.29, 1.82) is 5.26 Å². The van der Waals surface area contributed by atoms with Crippen LogP contribution in [0.2, 0.25) is 0 Å². The Labute approximate surface area is 166 Å². The Morgan fingerprint density at radius 1 is 1.34 bits per heavy atom. The third-order valence-corrected chi connectivity index (χ3v) is 4.85. The highest BCUT2D eigenvalue weighted by Gasteiger charge is 2.46. The molecule has 1 N–H and O–H groups in total. The molecule has 1 atom stereocenters. The van der Waals surface area contributed by atoms with Crippen molar-refractivity contribution in [3.05, 3.63) is 38.4 Å². The van der Waals surface area contributed by atoms with Gasteiger partial charge in [-0.15, -0.1) is 0 Å². The van der Waals surface area contributed by atoms with Gasteiger partial charge in [0, 0.05) is 12.5 Å². The van der Waals surface area contributed by atoms with Gasteiger partial charge in [-0.2, -0.15) is 10.4 Å². The van der Waals surface area contributed by atoms with Crippen molar-refractivity contribution in [2.24, 2.45) is 10.5 Å². The van der Waals surface area contributed by atoms with Gasteiger partial charge < -0.3 is 4.74 Å². The lowest BCUT2D eigenvalue weighted by Crippen LogP contribution is -2.43. The van der Waals surface area contributed by atoms with Crippen LogP contribution in [0, 0.1) is 37.0 Å². The zero-order valence-corrected chi connectivity index (χ0v) is 15.9. The molecule has 0 radical (unpaired) electrons. The Kier molecular flexibility index (Phi) is 7.19. The third kappa shape index (κ3) is 4.84. The van der Waals surface area contributed by atoms with Crippen LogP contribution in [0.25, 0.3) is 0 Å². The fourth-order valence-corrected chi connectivity index (χ4v) is 3.40. The van der Waals surface area contributed by atoms with E-state index in [4.69, 9.17) is 10.00 Å². The van der Waals surface area contributed by atoms with Gasteiger partial charge in [-0.1, -0.05) is 6.42 Å². The fourth-order valence-electron chi connectivity index (χ4n) is 3.40. The number of hydrogen-bond acceptors (Lipinski definition) is 9. The number of nitriles is 1. The number of ether oxygens (including phenoxy) is 1. The summed E-state index contributed by atoms with van der Waals surface area (Å²) in [6.45, 7) is 1.87. The predicted octanol–water partition coefficient (Wildman–Crippen LogP) is 3.70. The van der Waals surface area contributed by atoms with Crippen LogP contribution < -0.4 is 5.43 Å². The third-order valence-electron chi connectivity index (χ3n) is 4.85. The summed E-state index contributed by atoms with van der Waals surface area (Å²) in [5.41, 5.74) is 1.04. The molecular weight excluding hydrogens is 382 g/mol. The number of non-ortho nitro benzene ring substituents is 1. The van der Waals surface area contributed by atoms with Crippen molar-refractivity contribution >= 4 is 28.7 Å². The van der Waals surface area contributed by atoms with Crippen LogP contribution in [-0.2, 0) is 9.53 Å². The Bertz CT molecular complexity index is 878. The van der Waals surface area contributed by atoms with E-state index in [1.165, 1.54) is 6.07 Å². The average Bonchev–Trinajstić information content (AvgIpc) is 2.71. The number of hydrogen-bond donors (Lipinski definition) is 1. The topological polar surface area (TPSA) is 161 Å². The second kappa shape index (κ2) is 9.59. The molecule has 0 aromatic heterocycles. The molecule has 0 bridgehead atoms. The maximum absolute atomic E-state index is 12.7. The van der Waals surface area contributed by atoms with Crippen LogP contribution >= 0.6 is 0 Å². The second-order valence-corrected chi connectivity index (χ2v) is 6.55. The quantitative estimate of drug-likeness (QED) is 0.390. The lowest BCUT2D eigenvalue weighted by Gasteiger charge is -2.35. The molecule has 1 aromatic rings. The Morgan fingerprint density at radius 3 is 2.72 bits per heavy atom. The van der Waals surface area contributed by atoms with Crippen LogP contribution in [0.1, 0.15) is 45.4 Å². The first kappa shape index (κ1) is 21.7. The van der Waals surface area contributed by atoms with Gasteiger partial charge in [0.05, 0.1) is 34.3 Å². The molecular formula is C18H21N5O6. The number of hydrazone groups is 1. The molecule has 0 unspecified atom stereocenters. The van der Waals surface area contributed by atoms with E-state index >= 15 is 0 Å². The number of carbonyl (C=O) groups is 1. The predicted molar refractivity (Wildman–Crippen MR) is 103 cm³/mol. The smallest absolute Gasteiger partial charge is 0.317 e. The van der Waals surface area contributed by atoms with Gasteiger partial charge in [-0.25, -0.2) is 0 Å². The number of anilines is 1. The van der Waals surface area contributed by atoms with Crippen molar-refractivity contribution in [2.75, 3.05) is 12.0 Å². The van der Waals surface area contributed by atoms with Crippen LogP contribution in [-0.4, -0.2) is 28.1 Å². The van der Waals surface area contributed by atoms with Gasteiger partial charge >= 0.3 is 11.7 Å². The molecule has 0 saturated heterocycles. The molecule has 11 heteroatoms. The largest absolute Gasteiger partial charge is 0.465 e. The van der Waals surface area contributed by atoms with Crippen LogP contribution in [0.4, 0.5) is 17.1 Å². The summed E-state index contributed by atoms with van der Waals surface area (Å²) in [5, 5.41) is 35.4. The van der Waals surface area contributed by atoms with E-state index in [0.29, 0.717) is 18.6 Å². The lowest BCUT2D eigenvalue weighted by molar-refractivity contribution is -0.393. The van der Waals surface area contributed by atoms with Gasteiger partial charge in [0.1, 0.15) is 11.1 Å². The summed E-state index contributed by atoms with van der Waals surface area (Å²) < 4.78 is 5.23. The van der Waals surface area contributed by atoms with Crippen LogP contribution in [0.3, 0.4) is 0 Å². The van der Waals surface area contributed by atoms with E-state index in [-0.39, 0.29) is 25.1 Å². The van der Waals surface area contributed by atoms with E-state index in [1.807, 2.05) is 6.07 Å². The summed E-state index contributed by atoms with van der Waals surface area (Å²) in [6.07, 6.45) is 2.85. The van der Waals surface area contributed by atoms with Crippen molar-refractivity contribution in [2.45, 2.75) is 45.4 Å². The minimum atomic E-state index is -1.06. The van der Waals surface area contributed by atoms with Gasteiger partial charge in [0.2, 0.25) is 0 Å². The molecule has 154 valence electrons. The number of carbonyl (C=O) groups excluding carboxylic acids is 1. The van der Waals surface area contributed by atoms with Crippen LogP contribution in [0.5, 0.6) is 0 Å². The molecule has 1 aromatic carbocycles. The zero-order valence-electron chi connectivity index (χ0n) is 15.9. The summed E-state index contributed by atoms with van der Waals surface area (Å²) in [5.74, 6) is -0.464. The number of benzene rings is 1. The number of rotatable bonds is 8. The molecule has 0 heterocycles. The molecule has 0 amide bonds. The van der Waals surface area contributed by atoms with Gasteiger partial charge in [0.15, 0.2) is 0 Å². The first-order valence-electron chi connectivity index (χ1n) is 9.15. The van der Waals surface area contributed by atoms with Crippen LogP contribution in [0.15, 0.2) is 23.3 Å². The van der Waals surface area contributed by atoms with Gasteiger partial charge in [-0.3, -0.25) is 30.4 Å². The molecule has 1 aliphatic rings. The standard InChI is InChI=1S/C18H21N5O6/c1-2-29-17(24)18(10-5-11-19)9-4-3-6-16(18)21-20-14-8-7-13(22(25)26)12-15(14)23(27)28/h7-8,12,20H,2-6,9-10H2,1H3/b21-16-/t18-/m1/s1. The van der Waals surface area contributed by atoms with Crippen molar-refractivity contribution in [1.82, 2.24) is 0 Å². The van der Waals surface area contributed by atoms with Crippen molar-refractivity contribution in [3.63, 3.8) is 0 Å². The molecule has 1 saturated carbocycles. The average molecular weight is 403 g/mol. The summed E-state index contributed by atoms with van der Waals surface area (Å²) in [7, 11) is 0. The maximum Gasteiger partial charge on any atom is 0.317 e. The molecule has 11 nitrogen and oxygen atoms in total. The van der Waals surface area contributed by atoms with E-state index in [2.05, 4.69) is 10.5 Å². The van der Waals surface area contributed by atoms with E-state index in [9.17, 15) is 25.0 Å². The van der Waals surface area contributed by atoms with Gasteiger partial charge in [-0.05, 0) is 38.7 Å².